The van der Waals surface area contributed by atoms with Crippen LogP contribution in [0, 0.1) is 6.92 Å². The number of pyridine rings is 1. The van der Waals surface area contributed by atoms with Crippen LogP contribution in [-0.4, -0.2) is 69.6 Å². The molecular weight excluding hydrogens is 508 g/mol. The van der Waals surface area contributed by atoms with Gasteiger partial charge in [-0.2, -0.15) is 0 Å². The number of carbonyl (C=O) groups is 1. The van der Waals surface area contributed by atoms with Crippen LogP contribution in [0.2, 0.25) is 5.02 Å². The number of halogens is 1. The highest BCUT2D eigenvalue weighted by Gasteiger charge is 2.24. The third-order valence-electron chi connectivity index (χ3n) is 6.37. The number of hydrogen-bond acceptors (Lipinski definition) is 7. The predicted octanol–water partition coefficient (Wildman–Crippen LogP) is 4.74. The predicted molar refractivity (Wildman–Crippen MR) is 147 cm³/mol. The summed E-state index contributed by atoms with van der Waals surface area (Å²) in [4.78, 5) is 21.5. The molecule has 0 saturated carbocycles. The smallest absolute Gasteiger partial charge is 0.233 e. The quantitative estimate of drug-likeness (QED) is 0.317. The summed E-state index contributed by atoms with van der Waals surface area (Å²) in [6.07, 6.45) is 3.44. The lowest BCUT2D eigenvalue weighted by molar-refractivity contribution is -0.128. The number of amides is 1. The van der Waals surface area contributed by atoms with Gasteiger partial charge in [0.05, 0.1) is 18.6 Å². The summed E-state index contributed by atoms with van der Waals surface area (Å²) in [7, 11) is 1.64. The highest BCUT2D eigenvalue weighted by molar-refractivity contribution is 7.99. The molecule has 0 aliphatic carbocycles. The maximum atomic E-state index is 13.2. The zero-order valence-corrected chi connectivity index (χ0v) is 22.2. The van der Waals surface area contributed by atoms with Crippen molar-refractivity contribution < 1.29 is 9.53 Å². The van der Waals surface area contributed by atoms with Gasteiger partial charge in [0.1, 0.15) is 5.75 Å². The second-order valence-corrected chi connectivity index (χ2v) is 10.0. The number of rotatable bonds is 7. The number of methoxy groups -OCH3 is 1. The van der Waals surface area contributed by atoms with E-state index in [0.717, 1.165) is 35.1 Å². The van der Waals surface area contributed by atoms with Crippen molar-refractivity contribution >= 4 is 35.0 Å². The van der Waals surface area contributed by atoms with Gasteiger partial charge in [-0.25, -0.2) is 0 Å². The molecule has 0 N–H and O–H groups in total. The summed E-state index contributed by atoms with van der Waals surface area (Å²) in [5.41, 5.74) is 3.99. The van der Waals surface area contributed by atoms with Crippen LogP contribution in [0.5, 0.6) is 5.75 Å². The molecule has 1 amide bonds. The van der Waals surface area contributed by atoms with E-state index in [4.69, 9.17) is 16.3 Å². The summed E-state index contributed by atoms with van der Waals surface area (Å²) < 4.78 is 7.55. The lowest BCUT2D eigenvalue weighted by Gasteiger charge is -2.36. The van der Waals surface area contributed by atoms with Gasteiger partial charge >= 0.3 is 0 Å². The van der Waals surface area contributed by atoms with Crippen molar-refractivity contribution in [3.63, 3.8) is 0 Å². The maximum Gasteiger partial charge on any atom is 0.233 e. The Hall–Kier alpha value is -3.56. The average molecular weight is 535 g/mol. The van der Waals surface area contributed by atoms with Gasteiger partial charge in [0.25, 0.3) is 0 Å². The van der Waals surface area contributed by atoms with Crippen molar-refractivity contribution in [2.75, 3.05) is 43.9 Å². The first-order chi connectivity index (χ1) is 18.0. The van der Waals surface area contributed by atoms with E-state index in [0.29, 0.717) is 29.8 Å². The van der Waals surface area contributed by atoms with Crippen LogP contribution >= 0.6 is 23.4 Å². The molecule has 10 heteroatoms. The highest BCUT2D eigenvalue weighted by Crippen LogP contribution is 2.32. The number of aromatic nitrogens is 4. The highest BCUT2D eigenvalue weighted by atomic mass is 35.5. The molecule has 1 aliphatic rings. The van der Waals surface area contributed by atoms with Crippen LogP contribution < -0.4 is 9.64 Å². The molecule has 0 radical (unpaired) electrons. The third-order valence-corrected chi connectivity index (χ3v) is 7.52. The summed E-state index contributed by atoms with van der Waals surface area (Å²) >= 11 is 7.59. The number of carbonyl (C=O) groups excluding carboxylic acids is 1. The minimum Gasteiger partial charge on any atom is -0.495 e. The van der Waals surface area contributed by atoms with E-state index in [1.807, 2.05) is 64.1 Å². The van der Waals surface area contributed by atoms with Gasteiger partial charge in [0, 0.05) is 54.8 Å². The maximum absolute atomic E-state index is 13.2. The summed E-state index contributed by atoms with van der Waals surface area (Å²) in [6, 6.07) is 17.4. The SMILES string of the molecule is COc1ccccc1-n1c(SCC(=O)N2CCN(c3cc(Cl)ccc3C)CC2)nnc1-c1ccncc1. The monoisotopic (exact) mass is 534 g/mol. The fourth-order valence-corrected chi connectivity index (χ4v) is 5.43. The number of ether oxygens (including phenoxy) is 1. The van der Waals surface area contributed by atoms with E-state index in [1.165, 1.54) is 17.3 Å². The molecule has 0 unspecified atom stereocenters. The first-order valence-electron chi connectivity index (χ1n) is 12.0. The van der Waals surface area contributed by atoms with Gasteiger partial charge in [-0.05, 0) is 48.9 Å². The van der Waals surface area contributed by atoms with Crippen molar-refractivity contribution in [2.24, 2.45) is 0 Å². The van der Waals surface area contributed by atoms with Crippen molar-refractivity contribution in [1.29, 1.82) is 0 Å². The van der Waals surface area contributed by atoms with Crippen molar-refractivity contribution in [1.82, 2.24) is 24.6 Å². The zero-order valence-electron chi connectivity index (χ0n) is 20.7. The van der Waals surface area contributed by atoms with Gasteiger partial charge in [0.2, 0.25) is 5.91 Å². The topological polar surface area (TPSA) is 76.4 Å². The molecule has 1 saturated heterocycles. The third kappa shape index (κ3) is 5.42. The Morgan fingerprint density at radius 1 is 1.00 bits per heavy atom. The van der Waals surface area contributed by atoms with E-state index in [2.05, 4.69) is 27.0 Å². The average Bonchev–Trinajstić information content (AvgIpc) is 3.37. The Morgan fingerprint density at radius 2 is 1.76 bits per heavy atom. The molecule has 1 aliphatic heterocycles. The number of aryl methyl sites for hydroxylation is 1. The molecule has 3 heterocycles. The van der Waals surface area contributed by atoms with Gasteiger partial charge in [-0.3, -0.25) is 14.3 Å². The molecule has 8 nitrogen and oxygen atoms in total. The lowest BCUT2D eigenvalue weighted by Crippen LogP contribution is -2.49. The fraction of sp³-hybridized carbons (Fsp3) is 0.259. The van der Waals surface area contributed by atoms with Crippen LogP contribution in [0.25, 0.3) is 17.1 Å². The summed E-state index contributed by atoms with van der Waals surface area (Å²) in [5.74, 6) is 1.69. The number of piperazine rings is 1. The van der Waals surface area contributed by atoms with E-state index in [1.54, 1.807) is 19.5 Å². The number of thioether (sulfide) groups is 1. The van der Waals surface area contributed by atoms with Crippen LogP contribution in [0.4, 0.5) is 5.69 Å². The van der Waals surface area contributed by atoms with E-state index in [9.17, 15) is 4.79 Å². The van der Waals surface area contributed by atoms with Crippen LogP contribution in [0.15, 0.2) is 72.1 Å². The van der Waals surface area contributed by atoms with E-state index in [-0.39, 0.29) is 11.7 Å². The van der Waals surface area contributed by atoms with Crippen molar-refractivity contribution in [3.8, 4) is 22.8 Å². The molecule has 5 rings (SSSR count). The number of benzene rings is 2. The Labute approximate surface area is 225 Å². The van der Waals surface area contributed by atoms with Gasteiger partial charge in [-0.1, -0.05) is 41.6 Å². The standard InChI is InChI=1S/C27H27ClN6O2S/c1-19-7-8-21(28)17-23(19)32-13-15-33(16-14-32)25(35)18-37-27-31-30-26(20-9-11-29-12-10-20)34(27)22-5-3-4-6-24(22)36-2/h3-12,17H,13-16,18H2,1-2H3. The van der Waals surface area contributed by atoms with Crippen molar-refractivity contribution in [3.05, 3.63) is 77.6 Å². The molecule has 2 aromatic heterocycles. The Kier molecular flexibility index (Phi) is 7.62. The second-order valence-electron chi connectivity index (χ2n) is 8.64. The van der Waals surface area contributed by atoms with Crippen LogP contribution in [0.3, 0.4) is 0 Å². The van der Waals surface area contributed by atoms with E-state index >= 15 is 0 Å². The molecule has 4 aromatic rings. The summed E-state index contributed by atoms with van der Waals surface area (Å²) in [6.45, 7) is 4.93. The first kappa shape index (κ1) is 25.1. The number of para-hydroxylation sites is 2. The van der Waals surface area contributed by atoms with Crippen molar-refractivity contribution in [2.45, 2.75) is 12.1 Å². The minimum absolute atomic E-state index is 0.0764. The zero-order chi connectivity index (χ0) is 25.8. The lowest BCUT2D eigenvalue weighted by atomic mass is 10.1. The molecule has 0 spiro atoms. The molecule has 2 aromatic carbocycles. The van der Waals surface area contributed by atoms with Gasteiger partial charge in [-0.15, -0.1) is 10.2 Å². The molecule has 0 atom stereocenters. The minimum atomic E-state index is 0.0764. The van der Waals surface area contributed by atoms with Crippen LogP contribution in [-0.2, 0) is 4.79 Å². The molecule has 37 heavy (non-hydrogen) atoms. The fourth-order valence-electron chi connectivity index (χ4n) is 4.42. The number of anilines is 1. The number of nitrogens with zero attached hydrogens (tertiary/aromatic N) is 6. The Morgan fingerprint density at radius 3 is 2.51 bits per heavy atom. The van der Waals surface area contributed by atoms with Gasteiger partial charge in [0.15, 0.2) is 11.0 Å². The largest absolute Gasteiger partial charge is 0.495 e. The Balaban J connectivity index is 1.31. The normalized spacial score (nSPS) is 13.6. The molecular formula is C27H27ClN6O2S. The second kappa shape index (κ2) is 11.2. The molecule has 190 valence electrons. The first-order valence-corrected chi connectivity index (χ1v) is 13.3. The number of hydrogen-bond donors (Lipinski definition) is 0. The van der Waals surface area contributed by atoms with E-state index < -0.39 is 0 Å². The summed E-state index contributed by atoms with van der Waals surface area (Å²) in [5, 5.41) is 10.2. The molecule has 0 bridgehead atoms. The van der Waals surface area contributed by atoms with Gasteiger partial charge < -0.3 is 14.5 Å². The Bertz CT molecular complexity index is 1390. The molecule has 1 fully saturated rings. The van der Waals surface area contributed by atoms with Crippen LogP contribution in [0.1, 0.15) is 5.56 Å².